The first-order valence-electron chi connectivity index (χ1n) is 6.65. The molecule has 1 saturated heterocycles. The summed E-state index contributed by atoms with van der Waals surface area (Å²) in [5, 5.41) is 3.46. The highest BCUT2D eigenvalue weighted by Crippen LogP contribution is 2.31. The Morgan fingerprint density at radius 2 is 2.06 bits per heavy atom. The Balaban J connectivity index is 2.18. The number of hydrogen-bond acceptors (Lipinski definition) is 3. The van der Waals surface area contributed by atoms with Gasteiger partial charge in [0.2, 0.25) is 0 Å². The molecule has 0 aromatic heterocycles. The molecule has 0 amide bonds. The molecule has 1 aromatic carbocycles. The summed E-state index contributed by atoms with van der Waals surface area (Å²) in [6.07, 6.45) is 2.27. The van der Waals surface area contributed by atoms with Crippen LogP contribution in [0.1, 0.15) is 30.0 Å². The second kappa shape index (κ2) is 6.21. The lowest BCUT2D eigenvalue weighted by atomic mass is 9.86. The van der Waals surface area contributed by atoms with E-state index in [0.717, 1.165) is 31.8 Å². The number of hydrogen-bond donors (Lipinski definition) is 1. The summed E-state index contributed by atoms with van der Waals surface area (Å²) in [6.45, 7) is 3.87. The minimum atomic E-state index is 0.415. The van der Waals surface area contributed by atoms with Crippen LogP contribution in [-0.2, 0) is 4.74 Å². The Morgan fingerprint density at radius 1 is 1.33 bits per heavy atom. The van der Waals surface area contributed by atoms with Gasteiger partial charge in [0.15, 0.2) is 0 Å². The topological polar surface area (TPSA) is 30.5 Å². The molecule has 1 heterocycles. The van der Waals surface area contributed by atoms with Crippen LogP contribution in [0.3, 0.4) is 0 Å². The summed E-state index contributed by atoms with van der Waals surface area (Å²) >= 11 is 0. The first-order valence-corrected chi connectivity index (χ1v) is 6.65. The Kier molecular flexibility index (Phi) is 4.61. The van der Waals surface area contributed by atoms with Crippen LogP contribution in [-0.4, -0.2) is 27.4 Å². The summed E-state index contributed by atoms with van der Waals surface area (Å²) in [5.41, 5.74) is 2.55. The molecule has 0 bridgehead atoms. The predicted molar refractivity (Wildman–Crippen MR) is 73.1 cm³/mol. The zero-order chi connectivity index (χ0) is 13.0. The summed E-state index contributed by atoms with van der Waals surface area (Å²) in [7, 11) is 3.76. The molecule has 0 spiro atoms. The Labute approximate surface area is 109 Å². The summed E-state index contributed by atoms with van der Waals surface area (Å²) in [6, 6.07) is 6.88. The van der Waals surface area contributed by atoms with Crippen LogP contribution in [0.15, 0.2) is 18.2 Å². The summed E-state index contributed by atoms with van der Waals surface area (Å²) in [4.78, 5) is 0. The van der Waals surface area contributed by atoms with E-state index in [2.05, 4.69) is 30.4 Å². The fourth-order valence-corrected chi connectivity index (χ4v) is 2.82. The van der Waals surface area contributed by atoms with Gasteiger partial charge in [0.25, 0.3) is 0 Å². The van der Waals surface area contributed by atoms with Gasteiger partial charge in [-0.3, -0.25) is 0 Å². The first-order chi connectivity index (χ1) is 8.76. The molecule has 3 heteroatoms. The van der Waals surface area contributed by atoms with Gasteiger partial charge in [-0.1, -0.05) is 12.1 Å². The van der Waals surface area contributed by atoms with Crippen molar-refractivity contribution in [1.82, 2.24) is 5.32 Å². The van der Waals surface area contributed by atoms with E-state index < -0.39 is 0 Å². The van der Waals surface area contributed by atoms with E-state index in [1.54, 1.807) is 7.11 Å². The van der Waals surface area contributed by atoms with Gasteiger partial charge in [0, 0.05) is 19.3 Å². The van der Waals surface area contributed by atoms with Crippen molar-refractivity contribution in [3.05, 3.63) is 29.3 Å². The van der Waals surface area contributed by atoms with Gasteiger partial charge < -0.3 is 14.8 Å². The van der Waals surface area contributed by atoms with Crippen LogP contribution in [0, 0.1) is 12.8 Å². The molecule has 0 saturated carbocycles. The third kappa shape index (κ3) is 2.85. The molecule has 1 atom stereocenters. The van der Waals surface area contributed by atoms with Crippen LogP contribution < -0.4 is 10.1 Å². The standard InChI is InChI=1S/C15H23NO2/c1-11-10-13(4-5-14(11)17-3)15(16-2)12-6-8-18-9-7-12/h4-5,10,12,15-16H,6-9H2,1-3H3. The van der Waals surface area contributed by atoms with E-state index in [1.807, 2.05) is 7.05 Å². The zero-order valence-corrected chi connectivity index (χ0v) is 11.5. The normalized spacial score (nSPS) is 18.6. The van der Waals surface area contributed by atoms with Crippen molar-refractivity contribution in [3.63, 3.8) is 0 Å². The molecule has 1 N–H and O–H groups in total. The van der Waals surface area contributed by atoms with E-state index in [4.69, 9.17) is 9.47 Å². The van der Waals surface area contributed by atoms with Crippen LogP contribution in [0.5, 0.6) is 5.75 Å². The Bertz CT molecular complexity index is 386. The van der Waals surface area contributed by atoms with Crippen LogP contribution >= 0.6 is 0 Å². The van der Waals surface area contributed by atoms with Crippen molar-refractivity contribution in [1.29, 1.82) is 0 Å². The number of benzene rings is 1. The molecule has 1 aromatic rings. The van der Waals surface area contributed by atoms with Crippen LogP contribution in [0.25, 0.3) is 0 Å². The highest BCUT2D eigenvalue weighted by atomic mass is 16.5. The number of rotatable bonds is 4. The molecular weight excluding hydrogens is 226 g/mol. The van der Waals surface area contributed by atoms with Crippen molar-refractivity contribution in [2.45, 2.75) is 25.8 Å². The molecule has 0 radical (unpaired) electrons. The molecule has 18 heavy (non-hydrogen) atoms. The summed E-state index contributed by atoms with van der Waals surface area (Å²) in [5.74, 6) is 1.62. The Morgan fingerprint density at radius 3 is 2.61 bits per heavy atom. The van der Waals surface area contributed by atoms with Crippen molar-refractivity contribution in [2.24, 2.45) is 5.92 Å². The van der Waals surface area contributed by atoms with Crippen molar-refractivity contribution >= 4 is 0 Å². The first kappa shape index (κ1) is 13.4. The molecule has 1 aliphatic rings. The van der Waals surface area contributed by atoms with Crippen molar-refractivity contribution in [3.8, 4) is 5.75 Å². The van der Waals surface area contributed by atoms with Gasteiger partial charge in [0.05, 0.1) is 7.11 Å². The highest BCUT2D eigenvalue weighted by Gasteiger charge is 2.24. The smallest absolute Gasteiger partial charge is 0.121 e. The minimum Gasteiger partial charge on any atom is -0.496 e. The second-order valence-corrected chi connectivity index (χ2v) is 4.95. The summed E-state index contributed by atoms with van der Waals surface area (Å²) < 4.78 is 10.8. The molecule has 3 nitrogen and oxygen atoms in total. The van der Waals surface area contributed by atoms with Crippen molar-refractivity contribution in [2.75, 3.05) is 27.4 Å². The van der Waals surface area contributed by atoms with Crippen molar-refractivity contribution < 1.29 is 9.47 Å². The molecule has 100 valence electrons. The maximum Gasteiger partial charge on any atom is 0.121 e. The van der Waals surface area contributed by atoms with Gasteiger partial charge in [-0.15, -0.1) is 0 Å². The number of methoxy groups -OCH3 is 1. The SMILES string of the molecule is CNC(c1ccc(OC)c(C)c1)C1CCOCC1. The number of ether oxygens (including phenoxy) is 2. The third-order valence-corrected chi connectivity index (χ3v) is 3.83. The predicted octanol–water partition coefficient (Wildman–Crippen LogP) is 2.69. The van der Waals surface area contributed by atoms with E-state index in [-0.39, 0.29) is 0 Å². The average Bonchev–Trinajstić information content (AvgIpc) is 2.41. The third-order valence-electron chi connectivity index (χ3n) is 3.83. The number of aryl methyl sites for hydroxylation is 1. The lowest BCUT2D eigenvalue weighted by molar-refractivity contribution is 0.0546. The second-order valence-electron chi connectivity index (χ2n) is 4.95. The highest BCUT2D eigenvalue weighted by molar-refractivity contribution is 5.37. The van der Waals surface area contributed by atoms with E-state index >= 15 is 0 Å². The average molecular weight is 249 g/mol. The van der Waals surface area contributed by atoms with E-state index in [1.165, 1.54) is 11.1 Å². The monoisotopic (exact) mass is 249 g/mol. The quantitative estimate of drug-likeness (QED) is 0.890. The van der Waals surface area contributed by atoms with Gasteiger partial charge in [-0.05, 0) is 49.9 Å². The minimum absolute atomic E-state index is 0.415. The van der Waals surface area contributed by atoms with Gasteiger partial charge in [-0.25, -0.2) is 0 Å². The van der Waals surface area contributed by atoms with E-state index in [9.17, 15) is 0 Å². The lowest BCUT2D eigenvalue weighted by Crippen LogP contribution is -2.30. The Hall–Kier alpha value is -1.06. The maximum atomic E-state index is 5.44. The molecule has 1 aliphatic heterocycles. The van der Waals surface area contributed by atoms with E-state index in [0.29, 0.717) is 12.0 Å². The van der Waals surface area contributed by atoms with Crippen LogP contribution in [0.4, 0.5) is 0 Å². The van der Waals surface area contributed by atoms with Gasteiger partial charge >= 0.3 is 0 Å². The van der Waals surface area contributed by atoms with Gasteiger partial charge in [-0.2, -0.15) is 0 Å². The maximum absolute atomic E-state index is 5.44. The molecule has 1 unspecified atom stereocenters. The van der Waals surface area contributed by atoms with Gasteiger partial charge in [0.1, 0.15) is 5.75 Å². The largest absolute Gasteiger partial charge is 0.496 e. The fourth-order valence-electron chi connectivity index (χ4n) is 2.82. The molecule has 1 fully saturated rings. The van der Waals surface area contributed by atoms with Crippen LogP contribution in [0.2, 0.25) is 0 Å². The number of nitrogens with one attached hydrogen (secondary N) is 1. The zero-order valence-electron chi connectivity index (χ0n) is 11.5. The molecule has 0 aliphatic carbocycles. The fraction of sp³-hybridized carbons (Fsp3) is 0.600. The molecular formula is C15H23NO2. The molecule has 2 rings (SSSR count). The lowest BCUT2D eigenvalue weighted by Gasteiger charge is -2.30.